The number of ketones is 2. The molecule has 3 fully saturated rings. The second kappa shape index (κ2) is 18.1. The normalized spacial score (nSPS) is 24.3. The number of nitrogens with zero attached hydrogens (tertiary/aromatic N) is 8. The first-order chi connectivity index (χ1) is 25.2. The summed E-state index contributed by atoms with van der Waals surface area (Å²) >= 11 is 12.8. The maximum atomic E-state index is 12.7. The number of Topliss-reactive ketones (excluding diaryl/α,β-unsaturated/α-hetero) is 2. The Kier molecular flexibility index (Phi) is 13.3. The molecule has 11 nitrogen and oxygen atoms in total. The van der Waals surface area contributed by atoms with Gasteiger partial charge in [-0.1, -0.05) is 93.8 Å². The predicted molar refractivity (Wildman–Crippen MR) is 209 cm³/mol. The Hall–Kier alpha value is -3.39. The summed E-state index contributed by atoms with van der Waals surface area (Å²) in [5.74, 6) is 1.85. The van der Waals surface area contributed by atoms with Crippen molar-refractivity contribution in [1.82, 2.24) is 39.5 Å². The number of aryl methyl sites for hydroxylation is 2. The minimum atomic E-state index is -0.206. The lowest BCUT2D eigenvalue weighted by Gasteiger charge is -2.21. The topological polar surface area (TPSA) is 131 Å². The van der Waals surface area contributed by atoms with Crippen LogP contribution in [0.2, 0.25) is 5.15 Å². The van der Waals surface area contributed by atoms with Crippen molar-refractivity contribution in [2.75, 3.05) is 13.2 Å². The highest BCUT2D eigenvalue weighted by Gasteiger charge is 2.43. The van der Waals surface area contributed by atoms with Gasteiger partial charge >= 0.3 is 0 Å². The van der Waals surface area contributed by atoms with Crippen LogP contribution in [0.5, 0.6) is 0 Å². The molecule has 1 aliphatic heterocycles. The van der Waals surface area contributed by atoms with Gasteiger partial charge in [-0.05, 0) is 43.4 Å². The molecule has 2 saturated carbocycles. The van der Waals surface area contributed by atoms with Gasteiger partial charge in [0, 0.05) is 72.8 Å². The SMILES string of the molecule is C1CCOC1.CCCn1cc2c(C3C(=O)CC4C=CC(Br)=CC43)ncnc2n1.CCCn1cc2c(Cl)ncnc2n1.O=C1CC2C=CC(Br)=CC2C1. The number of halogens is 3. The zero-order valence-corrected chi connectivity index (χ0v) is 33.3. The predicted octanol–water partition coefficient (Wildman–Crippen LogP) is 8.49. The molecule has 0 radical (unpaired) electrons. The molecule has 14 heteroatoms. The fourth-order valence-corrected chi connectivity index (χ4v) is 8.27. The molecule has 0 amide bonds. The lowest BCUT2D eigenvalue weighted by Crippen LogP contribution is -2.16. The van der Waals surface area contributed by atoms with Crippen molar-refractivity contribution >= 4 is 77.1 Å². The van der Waals surface area contributed by atoms with Gasteiger partial charge in [0.2, 0.25) is 0 Å². The second-order valence-electron chi connectivity index (χ2n) is 13.5. The fraction of sp³-hybridized carbons (Fsp3) is 0.474. The van der Waals surface area contributed by atoms with E-state index in [1.165, 1.54) is 25.5 Å². The monoisotopic (exact) mass is 852 g/mol. The average Bonchev–Trinajstić information content (AvgIpc) is 3.96. The summed E-state index contributed by atoms with van der Waals surface area (Å²) in [6.07, 6.45) is 26.1. The molecule has 0 spiro atoms. The van der Waals surface area contributed by atoms with Crippen LogP contribution < -0.4 is 0 Å². The van der Waals surface area contributed by atoms with Crippen molar-refractivity contribution in [2.24, 2.45) is 23.7 Å². The van der Waals surface area contributed by atoms with E-state index in [0.717, 1.165) is 77.4 Å². The summed E-state index contributed by atoms with van der Waals surface area (Å²) in [6.45, 7) is 7.93. The smallest absolute Gasteiger partial charge is 0.185 e. The van der Waals surface area contributed by atoms with E-state index in [0.29, 0.717) is 40.5 Å². The minimum Gasteiger partial charge on any atom is -0.381 e. The molecule has 1 saturated heterocycles. The van der Waals surface area contributed by atoms with Crippen LogP contribution in [-0.4, -0.2) is 64.3 Å². The summed E-state index contributed by atoms with van der Waals surface area (Å²) in [5, 5.41) is 10.9. The molecule has 274 valence electrons. The molecule has 52 heavy (non-hydrogen) atoms. The molecule has 0 bridgehead atoms. The number of ether oxygens (including phenoxy) is 1. The highest BCUT2D eigenvalue weighted by molar-refractivity contribution is 9.12. The maximum absolute atomic E-state index is 12.7. The number of carbonyl (C=O) groups excluding carboxylic acids is 2. The molecular weight excluding hydrogens is 812 g/mol. The zero-order chi connectivity index (χ0) is 36.6. The van der Waals surface area contributed by atoms with Gasteiger partial charge in [0.05, 0.1) is 22.4 Å². The van der Waals surface area contributed by atoms with E-state index in [1.54, 1.807) is 0 Å². The van der Waals surface area contributed by atoms with Crippen LogP contribution >= 0.6 is 43.5 Å². The molecule has 4 aliphatic carbocycles. The number of fused-ring (bicyclic) bond motifs is 4. The van der Waals surface area contributed by atoms with Crippen molar-refractivity contribution in [2.45, 2.75) is 77.8 Å². The van der Waals surface area contributed by atoms with E-state index in [-0.39, 0.29) is 23.5 Å². The zero-order valence-electron chi connectivity index (χ0n) is 29.4. The van der Waals surface area contributed by atoms with E-state index in [2.05, 4.69) is 100 Å². The van der Waals surface area contributed by atoms with Crippen molar-refractivity contribution in [3.63, 3.8) is 0 Å². The highest BCUT2D eigenvalue weighted by Crippen LogP contribution is 2.46. The Labute approximate surface area is 325 Å². The number of aromatic nitrogens is 8. The minimum absolute atomic E-state index is 0.162. The lowest BCUT2D eigenvalue weighted by atomic mass is 9.84. The van der Waals surface area contributed by atoms with E-state index >= 15 is 0 Å². The summed E-state index contributed by atoms with van der Waals surface area (Å²) in [7, 11) is 0. The van der Waals surface area contributed by atoms with Gasteiger partial charge in [0.15, 0.2) is 11.3 Å². The molecule has 9 rings (SSSR count). The second-order valence-corrected chi connectivity index (χ2v) is 15.7. The third-order valence-corrected chi connectivity index (χ3v) is 11.0. The van der Waals surface area contributed by atoms with Crippen LogP contribution in [0, 0.1) is 23.7 Å². The fourth-order valence-electron chi connectivity index (χ4n) is 7.15. The number of allylic oxidation sites excluding steroid dienone is 8. The van der Waals surface area contributed by atoms with Crippen molar-refractivity contribution in [1.29, 1.82) is 0 Å². The molecule has 0 N–H and O–H groups in total. The first-order valence-corrected chi connectivity index (χ1v) is 19.9. The van der Waals surface area contributed by atoms with Gasteiger partial charge in [0.25, 0.3) is 0 Å². The Morgan fingerprint density at radius 3 is 2.00 bits per heavy atom. The van der Waals surface area contributed by atoms with Gasteiger partial charge in [-0.15, -0.1) is 0 Å². The first kappa shape index (κ1) is 38.3. The van der Waals surface area contributed by atoms with Gasteiger partial charge in [0.1, 0.15) is 29.4 Å². The Morgan fingerprint density at radius 1 is 0.769 bits per heavy atom. The Morgan fingerprint density at radius 2 is 1.37 bits per heavy atom. The third-order valence-electron chi connectivity index (χ3n) is 9.61. The average molecular weight is 855 g/mol. The number of rotatable bonds is 5. The van der Waals surface area contributed by atoms with E-state index in [1.807, 2.05) is 33.9 Å². The summed E-state index contributed by atoms with van der Waals surface area (Å²) in [5.41, 5.74) is 2.16. The largest absolute Gasteiger partial charge is 0.381 e. The van der Waals surface area contributed by atoms with Crippen LogP contribution in [-0.2, 0) is 27.4 Å². The first-order valence-electron chi connectivity index (χ1n) is 18.0. The van der Waals surface area contributed by atoms with E-state index in [4.69, 9.17) is 16.3 Å². The van der Waals surface area contributed by atoms with Crippen molar-refractivity contribution in [3.8, 4) is 0 Å². The van der Waals surface area contributed by atoms with Gasteiger partial charge in [-0.2, -0.15) is 10.2 Å². The molecular formula is C38H43Br2ClN8O3. The molecule has 5 unspecified atom stereocenters. The standard InChI is InChI=1S/C17H17BrN4O.C9H9BrO.C8H9ClN4.C4H8O/c1-2-5-22-8-13-16(19-9-20-17(13)21-22)15-12-7-11(18)4-3-10(12)6-14(15)23;10-8-2-1-6-4-9(11)5-7(6)3-8;1-2-3-13-4-6-7(9)10-5-11-8(6)12-13;1-2-4-5-3-1/h3-4,7-10,12,15H,2,5-6H2,1H3;1-3,6-7H,4-5H2;4-5H,2-3H2,1H3;1-4H2. The molecule has 5 aliphatic rings. The maximum Gasteiger partial charge on any atom is 0.185 e. The molecule has 5 atom stereocenters. The van der Waals surface area contributed by atoms with Crippen LogP contribution in [0.1, 0.15) is 70.4 Å². The summed E-state index contributed by atoms with van der Waals surface area (Å²) < 4.78 is 10.8. The van der Waals surface area contributed by atoms with Gasteiger partial charge in [-0.25, -0.2) is 19.9 Å². The molecule has 0 aromatic carbocycles. The quantitative estimate of drug-likeness (QED) is 0.182. The van der Waals surface area contributed by atoms with Crippen LogP contribution in [0.3, 0.4) is 0 Å². The molecule has 5 heterocycles. The summed E-state index contributed by atoms with van der Waals surface area (Å²) in [6, 6.07) is 0. The third kappa shape index (κ3) is 9.39. The molecule has 4 aromatic heterocycles. The molecule has 4 aromatic rings. The van der Waals surface area contributed by atoms with Crippen molar-refractivity contribution in [3.05, 3.63) is 81.3 Å². The van der Waals surface area contributed by atoms with Crippen LogP contribution in [0.25, 0.3) is 22.1 Å². The van der Waals surface area contributed by atoms with Gasteiger partial charge < -0.3 is 4.74 Å². The van der Waals surface area contributed by atoms with E-state index in [9.17, 15) is 9.59 Å². The number of hydrogen-bond acceptors (Lipinski definition) is 9. The number of hydrogen-bond donors (Lipinski definition) is 0. The van der Waals surface area contributed by atoms with Crippen LogP contribution in [0.4, 0.5) is 0 Å². The van der Waals surface area contributed by atoms with Crippen molar-refractivity contribution < 1.29 is 14.3 Å². The highest BCUT2D eigenvalue weighted by atomic mass is 79.9. The summed E-state index contributed by atoms with van der Waals surface area (Å²) in [4.78, 5) is 40.3. The van der Waals surface area contributed by atoms with E-state index < -0.39 is 0 Å². The Bertz CT molecular complexity index is 2010. The van der Waals surface area contributed by atoms with Gasteiger partial charge in [-0.3, -0.25) is 19.0 Å². The number of carbonyl (C=O) groups is 2. The van der Waals surface area contributed by atoms with Crippen LogP contribution in [0.15, 0.2) is 70.5 Å². The Balaban J connectivity index is 0.000000135. The lowest BCUT2D eigenvalue weighted by molar-refractivity contribution is -0.119.